The monoisotopic (exact) mass is 351 g/mol. The molecule has 2 heterocycles. The molecule has 1 saturated heterocycles. The fourth-order valence-corrected chi connectivity index (χ4v) is 3.47. The first kappa shape index (κ1) is 14.3. The fourth-order valence-electron chi connectivity index (χ4n) is 2.51. The van der Waals surface area contributed by atoms with Gasteiger partial charge in [-0.2, -0.15) is 0 Å². The summed E-state index contributed by atoms with van der Waals surface area (Å²) in [7, 11) is 0. The van der Waals surface area contributed by atoms with Gasteiger partial charge in [-0.1, -0.05) is 34.1 Å². The summed E-state index contributed by atoms with van der Waals surface area (Å²) in [4.78, 5) is 3.98. The molecule has 106 valence electrons. The molecular formula is C16H18BrNOS. The predicted octanol–water partition coefficient (Wildman–Crippen LogP) is 4.13. The van der Waals surface area contributed by atoms with Gasteiger partial charge in [0.15, 0.2) is 0 Å². The Bertz CT molecular complexity index is 526. The third-order valence-corrected chi connectivity index (χ3v) is 5.11. The molecule has 3 rings (SSSR count). The Morgan fingerprint density at radius 2 is 2.10 bits per heavy atom. The first-order chi connectivity index (χ1) is 9.81. The molecule has 1 aliphatic rings. The van der Waals surface area contributed by atoms with Crippen molar-refractivity contribution in [1.29, 1.82) is 0 Å². The van der Waals surface area contributed by atoms with Crippen LogP contribution in [0.25, 0.3) is 0 Å². The molecule has 0 unspecified atom stereocenters. The molecule has 0 saturated carbocycles. The van der Waals surface area contributed by atoms with Crippen molar-refractivity contribution in [2.45, 2.75) is 12.5 Å². The van der Waals surface area contributed by atoms with Gasteiger partial charge in [-0.3, -0.25) is 4.90 Å². The van der Waals surface area contributed by atoms with Crippen molar-refractivity contribution in [3.63, 3.8) is 0 Å². The zero-order valence-corrected chi connectivity index (χ0v) is 13.7. The van der Waals surface area contributed by atoms with Gasteiger partial charge in [-0.25, -0.2) is 0 Å². The molecule has 1 aliphatic heterocycles. The zero-order valence-electron chi connectivity index (χ0n) is 11.3. The number of benzene rings is 1. The lowest BCUT2D eigenvalue weighted by molar-refractivity contribution is -0.0295. The minimum absolute atomic E-state index is 0.209. The number of halogens is 1. The first-order valence-electron chi connectivity index (χ1n) is 6.93. The second-order valence-electron chi connectivity index (χ2n) is 5.04. The number of rotatable bonds is 4. The third-order valence-electron chi connectivity index (χ3n) is 3.65. The molecule has 0 bridgehead atoms. The van der Waals surface area contributed by atoms with Gasteiger partial charge < -0.3 is 4.74 Å². The van der Waals surface area contributed by atoms with Crippen LogP contribution in [0, 0.1) is 0 Å². The minimum atomic E-state index is 0.209. The molecule has 0 radical (unpaired) electrons. The van der Waals surface area contributed by atoms with Crippen molar-refractivity contribution in [2.75, 3.05) is 26.2 Å². The zero-order chi connectivity index (χ0) is 13.8. The second kappa shape index (κ2) is 6.85. The van der Waals surface area contributed by atoms with Gasteiger partial charge in [-0.15, -0.1) is 11.3 Å². The molecule has 2 aromatic rings. The Morgan fingerprint density at radius 1 is 1.25 bits per heavy atom. The van der Waals surface area contributed by atoms with Crippen LogP contribution in [0.2, 0.25) is 0 Å². The van der Waals surface area contributed by atoms with Crippen LogP contribution in [-0.4, -0.2) is 31.1 Å². The van der Waals surface area contributed by atoms with Crippen LogP contribution >= 0.6 is 27.3 Å². The van der Waals surface area contributed by atoms with Crippen molar-refractivity contribution in [1.82, 2.24) is 4.90 Å². The minimum Gasteiger partial charge on any atom is -0.371 e. The summed E-state index contributed by atoms with van der Waals surface area (Å²) < 4.78 is 7.03. The third kappa shape index (κ3) is 3.70. The van der Waals surface area contributed by atoms with E-state index < -0.39 is 0 Å². The van der Waals surface area contributed by atoms with Crippen LogP contribution < -0.4 is 0 Å². The van der Waals surface area contributed by atoms with E-state index in [2.05, 4.69) is 62.6 Å². The van der Waals surface area contributed by atoms with Crippen molar-refractivity contribution >= 4 is 27.3 Å². The van der Waals surface area contributed by atoms with Gasteiger partial charge in [-0.05, 0) is 35.6 Å². The molecule has 0 N–H and O–H groups in total. The quantitative estimate of drug-likeness (QED) is 0.821. The topological polar surface area (TPSA) is 12.5 Å². The molecule has 1 atom stereocenters. The normalized spacial score (nSPS) is 20.1. The van der Waals surface area contributed by atoms with Crippen molar-refractivity contribution < 1.29 is 4.74 Å². The fraction of sp³-hybridized carbons (Fsp3) is 0.375. The highest BCUT2D eigenvalue weighted by atomic mass is 79.9. The van der Waals surface area contributed by atoms with E-state index in [9.17, 15) is 0 Å². The van der Waals surface area contributed by atoms with Crippen molar-refractivity contribution in [2.24, 2.45) is 0 Å². The second-order valence-corrected chi connectivity index (χ2v) is 6.99. The first-order valence-corrected chi connectivity index (χ1v) is 8.60. The Labute approximate surface area is 132 Å². The average molecular weight is 352 g/mol. The molecular weight excluding hydrogens is 334 g/mol. The summed E-state index contributed by atoms with van der Waals surface area (Å²) >= 11 is 5.33. The lowest BCUT2D eigenvalue weighted by atomic mass is 10.1. The summed E-state index contributed by atoms with van der Waals surface area (Å²) in [6.07, 6.45) is 1.35. The maximum absolute atomic E-state index is 5.92. The predicted molar refractivity (Wildman–Crippen MR) is 87.3 cm³/mol. The van der Waals surface area contributed by atoms with Crippen LogP contribution in [0.15, 0.2) is 46.3 Å². The maximum atomic E-state index is 5.92. The van der Waals surface area contributed by atoms with Crippen LogP contribution in [0.4, 0.5) is 0 Å². The highest BCUT2D eigenvalue weighted by Crippen LogP contribution is 2.24. The molecule has 1 fully saturated rings. The molecule has 0 spiro atoms. The standard InChI is InChI=1S/C16H18BrNOS/c17-14-5-3-13(4-6-14)16-12-18(9-10-19-16)8-7-15-2-1-11-20-15/h1-6,11,16H,7-10,12H2/t16-/m0/s1. The van der Waals surface area contributed by atoms with Crippen molar-refractivity contribution in [3.05, 3.63) is 56.7 Å². The summed E-state index contributed by atoms with van der Waals surface area (Å²) in [5.41, 5.74) is 1.27. The molecule has 1 aromatic heterocycles. The van der Waals surface area contributed by atoms with Crippen LogP contribution in [-0.2, 0) is 11.2 Å². The Morgan fingerprint density at radius 3 is 2.85 bits per heavy atom. The van der Waals surface area contributed by atoms with Gasteiger partial charge in [0.25, 0.3) is 0 Å². The summed E-state index contributed by atoms with van der Waals surface area (Å²) in [5, 5.41) is 2.15. The molecule has 20 heavy (non-hydrogen) atoms. The van der Waals surface area contributed by atoms with Crippen molar-refractivity contribution in [3.8, 4) is 0 Å². The smallest absolute Gasteiger partial charge is 0.0952 e. The lowest BCUT2D eigenvalue weighted by Crippen LogP contribution is -2.39. The summed E-state index contributed by atoms with van der Waals surface area (Å²) in [6.45, 7) is 3.98. The molecule has 0 amide bonds. The number of hydrogen-bond acceptors (Lipinski definition) is 3. The summed E-state index contributed by atoms with van der Waals surface area (Å²) in [5.74, 6) is 0. The Balaban J connectivity index is 1.57. The number of thiophene rings is 1. The molecule has 4 heteroatoms. The Hall–Kier alpha value is -0.680. The van der Waals surface area contributed by atoms with E-state index in [0.29, 0.717) is 0 Å². The highest BCUT2D eigenvalue weighted by molar-refractivity contribution is 9.10. The van der Waals surface area contributed by atoms with Gasteiger partial charge in [0, 0.05) is 29.0 Å². The number of ether oxygens (including phenoxy) is 1. The maximum Gasteiger partial charge on any atom is 0.0952 e. The van der Waals surface area contributed by atoms with Crippen LogP contribution in [0.3, 0.4) is 0 Å². The number of nitrogens with zero attached hydrogens (tertiary/aromatic N) is 1. The highest BCUT2D eigenvalue weighted by Gasteiger charge is 2.21. The average Bonchev–Trinajstić information content (AvgIpc) is 3.00. The van der Waals surface area contributed by atoms with E-state index in [-0.39, 0.29) is 6.10 Å². The van der Waals surface area contributed by atoms with Gasteiger partial charge in [0.1, 0.15) is 0 Å². The van der Waals surface area contributed by atoms with E-state index in [1.165, 1.54) is 10.4 Å². The van der Waals surface area contributed by atoms with E-state index in [1.807, 2.05) is 11.3 Å². The SMILES string of the molecule is Brc1ccc([C@@H]2CN(CCc3cccs3)CCO2)cc1. The van der Waals surface area contributed by atoms with E-state index in [1.54, 1.807) is 0 Å². The number of morpholine rings is 1. The molecule has 2 nitrogen and oxygen atoms in total. The summed E-state index contributed by atoms with van der Waals surface area (Å²) in [6, 6.07) is 12.8. The van der Waals surface area contributed by atoms with Crippen LogP contribution in [0.5, 0.6) is 0 Å². The van der Waals surface area contributed by atoms with Crippen LogP contribution in [0.1, 0.15) is 16.5 Å². The van der Waals surface area contributed by atoms with E-state index >= 15 is 0 Å². The van der Waals surface area contributed by atoms with Gasteiger partial charge in [0.05, 0.1) is 12.7 Å². The molecule has 1 aromatic carbocycles. The van der Waals surface area contributed by atoms with E-state index in [4.69, 9.17) is 4.74 Å². The van der Waals surface area contributed by atoms with Gasteiger partial charge >= 0.3 is 0 Å². The number of hydrogen-bond donors (Lipinski definition) is 0. The van der Waals surface area contributed by atoms with E-state index in [0.717, 1.165) is 37.1 Å². The molecule has 0 aliphatic carbocycles. The largest absolute Gasteiger partial charge is 0.371 e. The Kier molecular flexibility index (Phi) is 4.89. The lowest BCUT2D eigenvalue weighted by Gasteiger charge is -2.33. The van der Waals surface area contributed by atoms with Gasteiger partial charge in [0.2, 0.25) is 0 Å².